The Balaban J connectivity index is 3.11. The molecule has 38 heavy (non-hydrogen) atoms. The van der Waals surface area contributed by atoms with Gasteiger partial charge < -0.3 is 10.1 Å². The van der Waals surface area contributed by atoms with Gasteiger partial charge in [-0.2, -0.15) is 0 Å². The monoisotopic (exact) mass is 532 g/mol. The highest BCUT2D eigenvalue weighted by molar-refractivity contribution is 4.92. The molecule has 0 fully saturated rings. The van der Waals surface area contributed by atoms with Crippen LogP contribution < -0.4 is 5.32 Å². The summed E-state index contributed by atoms with van der Waals surface area (Å²) < 4.78 is 5.79. The van der Waals surface area contributed by atoms with E-state index in [9.17, 15) is 0 Å². The molecule has 0 aliphatic heterocycles. The Morgan fingerprint density at radius 2 is 0.816 bits per heavy atom. The van der Waals surface area contributed by atoms with E-state index in [1.807, 2.05) is 0 Å². The standard InChI is InChI=1S/C36H69NO/c1-3-5-7-9-11-13-15-17-19-20-21-23-25-27-29-31-33-37-34-36-38-35-32-30-28-26-24-22-18-16-14-12-10-8-6-4-2/h11,13-14,16-17,19,37H,3-10,12,15,18,20-36H2,1-2H3/b13-11?,16-14-,19-17?. The molecule has 224 valence electrons. The zero-order chi connectivity index (χ0) is 27.5. The van der Waals surface area contributed by atoms with Gasteiger partial charge in [-0.3, -0.25) is 0 Å². The normalized spacial score (nSPS) is 12.2. The third-order valence-corrected chi connectivity index (χ3v) is 7.28. The molecule has 0 aliphatic rings. The molecule has 0 atom stereocenters. The number of allylic oxidation sites excluding steroid dienone is 6. The van der Waals surface area contributed by atoms with Gasteiger partial charge in [0.2, 0.25) is 0 Å². The minimum atomic E-state index is 0.868. The van der Waals surface area contributed by atoms with E-state index in [2.05, 4.69) is 55.6 Å². The van der Waals surface area contributed by atoms with Gasteiger partial charge in [-0.05, 0) is 77.2 Å². The van der Waals surface area contributed by atoms with Gasteiger partial charge in [-0.1, -0.05) is 134 Å². The Morgan fingerprint density at radius 3 is 1.39 bits per heavy atom. The molecule has 1 N–H and O–H groups in total. The number of hydrogen-bond acceptors (Lipinski definition) is 2. The largest absolute Gasteiger partial charge is 0.380 e. The average molecular weight is 532 g/mol. The zero-order valence-corrected chi connectivity index (χ0v) is 26.2. The average Bonchev–Trinajstić information content (AvgIpc) is 2.93. The van der Waals surface area contributed by atoms with Crippen molar-refractivity contribution in [3.8, 4) is 0 Å². The van der Waals surface area contributed by atoms with Crippen molar-refractivity contribution in [1.29, 1.82) is 0 Å². The lowest BCUT2D eigenvalue weighted by Gasteiger charge is -2.06. The molecular weight excluding hydrogens is 462 g/mol. The fraction of sp³-hybridized carbons (Fsp3) is 0.833. The highest BCUT2D eigenvalue weighted by atomic mass is 16.5. The molecule has 0 amide bonds. The number of rotatable bonds is 32. The van der Waals surface area contributed by atoms with Crippen LogP contribution in [0.2, 0.25) is 0 Å². The van der Waals surface area contributed by atoms with Crippen LogP contribution >= 0.6 is 0 Å². The van der Waals surface area contributed by atoms with Crippen LogP contribution in [0.15, 0.2) is 36.5 Å². The summed E-state index contributed by atoms with van der Waals surface area (Å²) in [5, 5.41) is 3.54. The van der Waals surface area contributed by atoms with Crippen LogP contribution in [-0.2, 0) is 4.74 Å². The molecule has 0 bridgehead atoms. The van der Waals surface area contributed by atoms with Crippen molar-refractivity contribution in [3.63, 3.8) is 0 Å². The van der Waals surface area contributed by atoms with Gasteiger partial charge >= 0.3 is 0 Å². The third kappa shape index (κ3) is 35.1. The maximum atomic E-state index is 5.79. The van der Waals surface area contributed by atoms with E-state index in [-0.39, 0.29) is 0 Å². The van der Waals surface area contributed by atoms with E-state index >= 15 is 0 Å². The Hall–Kier alpha value is -0.860. The van der Waals surface area contributed by atoms with E-state index < -0.39 is 0 Å². The van der Waals surface area contributed by atoms with Crippen LogP contribution in [0.1, 0.15) is 168 Å². The molecule has 0 saturated carbocycles. The first-order chi connectivity index (χ1) is 18.9. The number of unbranched alkanes of at least 4 members (excludes halogenated alkanes) is 19. The molecule has 0 spiro atoms. The maximum Gasteiger partial charge on any atom is 0.0590 e. The quantitative estimate of drug-likeness (QED) is 0.0688. The number of nitrogens with one attached hydrogen (secondary N) is 1. The molecule has 0 aromatic heterocycles. The van der Waals surface area contributed by atoms with Crippen molar-refractivity contribution in [1.82, 2.24) is 5.32 Å². The molecule has 2 heteroatoms. The van der Waals surface area contributed by atoms with Gasteiger partial charge in [0.15, 0.2) is 0 Å². The van der Waals surface area contributed by atoms with E-state index in [0.717, 1.165) is 32.7 Å². The lowest BCUT2D eigenvalue weighted by Crippen LogP contribution is -2.21. The third-order valence-electron chi connectivity index (χ3n) is 7.28. The fourth-order valence-corrected chi connectivity index (χ4v) is 4.71. The van der Waals surface area contributed by atoms with E-state index in [1.54, 1.807) is 0 Å². The lowest BCUT2D eigenvalue weighted by molar-refractivity contribution is 0.131. The molecule has 0 aromatic carbocycles. The second-order valence-electron chi connectivity index (χ2n) is 11.2. The molecule has 2 nitrogen and oxygen atoms in total. The zero-order valence-electron chi connectivity index (χ0n) is 26.2. The van der Waals surface area contributed by atoms with Crippen molar-refractivity contribution in [2.45, 2.75) is 168 Å². The second kappa shape index (κ2) is 36.1. The van der Waals surface area contributed by atoms with Crippen molar-refractivity contribution < 1.29 is 4.74 Å². The van der Waals surface area contributed by atoms with Gasteiger partial charge in [-0.15, -0.1) is 0 Å². The van der Waals surface area contributed by atoms with Crippen molar-refractivity contribution in [2.24, 2.45) is 0 Å². The summed E-state index contributed by atoms with van der Waals surface area (Å²) >= 11 is 0. The highest BCUT2D eigenvalue weighted by Crippen LogP contribution is 2.10. The van der Waals surface area contributed by atoms with E-state index in [0.29, 0.717) is 0 Å². The van der Waals surface area contributed by atoms with Crippen LogP contribution in [0, 0.1) is 0 Å². The van der Waals surface area contributed by atoms with E-state index in [1.165, 1.54) is 148 Å². The van der Waals surface area contributed by atoms with Gasteiger partial charge in [0.05, 0.1) is 6.61 Å². The summed E-state index contributed by atoms with van der Waals surface area (Å²) in [6.07, 6.45) is 46.2. The summed E-state index contributed by atoms with van der Waals surface area (Å²) in [4.78, 5) is 0. The highest BCUT2D eigenvalue weighted by Gasteiger charge is 1.94. The topological polar surface area (TPSA) is 21.3 Å². The number of hydrogen-bond donors (Lipinski definition) is 1. The van der Waals surface area contributed by atoms with Gasteiger partial charge in [0.1, 0.15) is 0 Å². The van der Waals surface area contributed by atoms with Crippen molar-refractivity contribution >= 4 is 0 Å². The van der Waals surface area contributed by atoms with Crippen molar-refractivity contribution in [2.75, 3.05) is 26.3 Å². The molecule has 0 heterocycles. The van der Waals surface area contributed by atoms with Crippen molar-refractivity contribution in [3.05, 3.63) is 36.5 Å². The van der Waals surface area contributed by atoms with Crippen LogP contribution in [-0.4, -0.2) is 26.3 Å². The molecule has 0 aliphatic carbocycles. The van der Waals surface area contributed by atoms with Gasteiger partial charge in [0, 0.05) is 13.2 Å². The summed E-state index contributed by atoms with van der Waals surface area (Å²) in [6.45, 7) is 8.50. The van der Waals surface area contributed by atoms with Crippen LogP contribution in [0.4, 0.5) is 0 Å². The summed E-state index contributed by atoms with van der Waals surface area (Å²) in [6, 6.07) is 0. The molecule has 0 unspecified atom stereocenters. The van der Waals surface area contributed by atoms with Crippen LogP contribution in [0.25, 0.3) is 0 Å². The SMILES string of the molecule is CCCCCC=CCC=CCCCCCCCCNCCOCCCCCCCC/C=C\CCCCCC. The molecule has 0 saturated heterocycles. The molecule has 0 rings (SSSR count). The minimum Gasteiger partial charge on any atom is -0.380 e. The summed E-state index contributed by atoms with van der Waals surface area (Å²) in [5.74, 6) is 0. The lowest BCUT2D eigenvalue weighted by atomic mass is 10.1. The van der Waals surface area contributed by atoms with E-state index in [4.69, 9.17) is 4.74 Å². The predicted octanol–water partition coefficient (Wildman–Crippen LogP) is 11.7. The smallest absolute Gasteiger partial charge is 0.0590 e. The first-order valence-corrected chi connectivity index (χ1v) is 17.1. The second-order valence-corrected chi connectivity index (χ2v) is 11.2. The minimum absolute atomic E-state index is 0.868. The first kappa shape index (κ1) is 37.1. The van der Waals surface area contributed by atoms with Gasteiger partial charge in [-0.25, -0.2) is 0 Å². The maximum absolute atomic E-state index is 5.79. The Kier molecular flexibility index (Phi) is 35.3. The predicted molar refractivity (Wildman–Crippen MR) is 173 cm³/mol. The molecular formula is C36H69NO. The fourth-order valence-electron chi connectivity index (χ4n) is 4.71. The molecule has 0 radical (unpaired) electrons. The molecule has 0 aromatic rings. The first-order valence-electron chi connectivity index (χ1n) is 17.1. The Labute approximate surface area is 240 Å². The number of ether oxygens (including phenoxy) is 1. The summed E-state index contributed by atoms with van der Waals surface area (Å²) in [7, 11) is 0. The van der Waals surface area contributed by atoms with Gasteiger partial charge in [0.25, 0.3) is 0 Å². The van der Waals surface area contributed by atoms with Crippen LogP contribution in [0.3, 0.4) is 0 Å². The van der Waals surface area contributed by atoms with Crippen LogP contribution in [0.5, 0.6) is 0 Å². The Morgan fingerprint density at radius 1 is 0.395 bits per heavy atom. The summed E-state index contributed by atoms with van der Waals surface area (Å²) in [5.41, 5.74) is 0. The Bertz CT molecular complexity index is 496.